The quantitative estimate of drug-likeness (QED) is 0.765. The molecule has 4 heteroatoms. The summed E-state index contributed by atoms with van der Waals surface area (Å²) in [7, 11) is 0. The Morgan fingerprint density at radius 3 is 2.48 bits per heavy atom. The number of aldehydes is 1. The van der Waals surface area contributed by atoms with Gasteiger partial charge >= 0.3 is 0 Å². The lowest BCUT2D eigenvalue weighted by Crippen LogP contribution is -2.35. The fourth-order valence-corrected chi connectivity index (χ4v) is 4.55. The van der Waals surface area contributed by atoms with Crippen LogP contribution >= 0.6 is 23.4 Å². The van der Waals surface area contributed by atoms with Crippen molar-refractivity contribution < 1.29 is 4.79 Å². The molecule has 0 aliphatic carbocycles. The molecule has 2 aromatic rings. The van der Waals surface area contributed by atoms with Gasteiger partial charge in [0.15, 0.2) is 0 Å². The normalized spacial score (nSPS) is 21.8. The van der Waals surface area contributed by atoms with Gasteiger partial charge in [0.1, 0.15) is 6.29 Å². The summed E-state index contributed by atoms with van der Waals surface area (Å²) in [6.07, 6.45) is 1.03. The molecule has 1 heterocycles. The molecule has 0 bridgehead atoms. The molecule has 3 rings (SSSR count). The van der Waals surface area contributed by atoms with Crippen molar-refractivity contribution in [2.75, 3.05) is 6.54 Å². The van der Waals surface area contributed by atoms with Gasteiger partial charge in [-0.1, -0.05) is 54.9 Å². The lowest BCUT2D eigenvalue weighted by atomic mass is 10.0. The zero-order chi connectivity index (χ0) is 14.8. The van der Waals surface area contributed by atoms with Crippen molar-refractivity contribution in [1.29, 1.82) is 0 Å². The Morgan fingerprint density at radius 1 is 1.14 bits per heavy atom. The van der Waals surface area contributed by atoms with Crippen LogP contribution in [0.25, 0.3) is 0 Å². The Hall–Kier alpha value is -1.29. The minimum absolute atomic E-state index is 0.0637. The third-order valence-corrected chi connectivity index (χ3v) is 5.52. The molecule has 2 atom stereocenters. The molecule has 0 saturated carbocycles. The minimum Gasteiger partial charge on any atom is -0.301 e. The van der Waals surface area contributed by atoms with E-state index in [1.807, 2.05) is 42.5 Å². The fraction of sp³-hybridized carbons (Fsp3) is 0.235. The van der Waals surface area contributed by atoms with Gasteiger partial charge < -0.3 is 4.79 Å². The third-order valence-electron chi connectivity index (χ3n) is 3.80. The van der Waals surface area contributed by atoms with E-state index in [1.165, 1.54) is 0 Å². The van der Waals surface area contributed by atoms with Crippen molar-refractivity contribution in [3.8, 4) is 0 Å². The second-order valence-electron chi connectivity index (χ2n) is 4.94. The van der Waals surface area contributed by atoms with E-state index in [9.17, 15) is 4.79 Å². The van der Waals surface area contributed by atoms with Gasteiger partial charge in [0, 0.05) is 9.92 Å². The van der Waals surface area contributed by atoms with E-state index in [1.54, 1.807) is 11.8 Å². The fourth-order valence-electron chi connectivity index (χ4n) is 2.78. The number of carbonyl (C=O) groups excluding carboxylic acids is 1. The Labute approximate surface area is 134 Å². The van der Waals surface area contributed by atoms with E-state index in [-0.39, 0.29) is 11.4 Å². The van der Waals surface area contributed by atoms with Gasteiger partial charge in [-0.25, -0.2) is 0 Å². The van der Waals surface area contributed by atoms with E-state index in [0.29, 0.717) is 0 Å². The maximum Gasteiger partial charge on any atom is 0.141 e. The van der Waals surface area contributed by atoms with Gasteiger partial charge in [0.25, 0.3) is 0 Å². The lowest BCUT2D eigenvalue weighted by Gasteiger charge is -2.40. The molecular weight excluding hydrogens is 302 g/mol. The number of thioether (sulfide) groups is 1. The molecule has 1 aliphatic rings. The molecule has 2 aromatic carbocycles. The van der Waals surface area contributed by atoms with E-state index in [4.69, 9.17) is 11.6 Å². The van der Waals surface area contributed by atoms with E-state index < -0.39 is 0 Å². The number of fused-ring (bicyclic) bond motifs is 1. The number of hydrogen-bond donors (Lipinski definition) is 0. The average molecular weight is 318 g/mol. The largest absolute Gasteiger partial charge is 0.301 e. The van der Waals surface area contributed by atoms with Gasteiger partial charge in [-0.15, -0.1) is 11.8 Å². The van der Waals surface area contributed by atoms with Crippen LogP contribution in [0.4, 0.5) is 0 Å². The number of halogens is 1. The van der Waals surface area contributed by atoms with Gasteiger partial charge in [-0.05, 0) is 29.8 Å². The first kappa shape index (κ1) is 14.6. The van der Waals surface area contributed by atoms with Crippen molar-refractivity contribution in [2.24, 2.45) is 0 Å². The van der Waals surface area contributed by atoms with Crippen LogP contribution in [0.1, 0.15) is 29.5 Å². The molecular formula is C17H16ClNOS. The molecule has 0 aromatic heterocycles. The number of nitrogens with zero attached hydrogens (tertiary/aromatic N) is 1. The summed E-state index contributed by atoms with van der Waals surface area (Å²) in [5.74, 6) is 0. The first-order chi connectivity index (χ1) is 10.3. The predicted molar refractivity (Wildman–Crippen MR) is 87.7 cm³/mol. The van der Waals surface area contributed by atoms with Crippen molar-refractivity contribution in [2.45, 2.75) is 23.2 Å². The summed E-state index contributed by atoms with van der Waals surface area (Å²) in [6, 6.07) is 15.8. The van der Waals surface area contributed by atoms with Crippen LogP contribution in [0.2, 0.25) is 5.02 Å². The number of carbonyl (C=O) groups is 1. The zero-order valence-corrected chi connectivity index (χ0v) is 13.3. The van der Waals surface area contributed by atoms with Crippen molar-refractivity contribution >= 4 is 29.6 Å². The molecule has 0 saturated heterocycles. The highest BCUT2D eigenvalue weighted by Gasteiger charge is 2.35. The second kappa shape index (κ2) is 6.22. The number of rotatable bonds is 3. The van der Waals surface area contributed by atoms with Crippen LogP contribution in [0.5, 0.6) is 0 Å². The zero-order valence-electron chi connectivity index (χ0n) is 11.7. The van der Waals surface area contributed by atoms with Crippen LogP contribution in [0, 0.1) is 0 Å². The van der Waals surface area contributed by atoms with Gasteiger partial charge in [-0.3, -0.25) is 4.90 Å². The van der Waals surface area contributed by atoms with E-state index in [2.05, 4.69) is 17.9 Å². The standard InChI is InChI=1S/C17H16ClNOS/c1-2-19-15(11-20)13-8-4-6-10-16(13)21-17(19)12-7-3-5-9-14(12)18/h3-11,15,17H,2H2,1H3. The molecule has 21 heavy (non-hydrogen) atoms. The summed E-state index contributed by atoms with van der Waals surface area (Å²) < 4.78 is 0. The third kappa shape index (κ3) is 2.61. The highest BCUT2D eigenvalue weighted by atomic mass is 35.5. The molecule has 0 N–H and O–H groups in total. The maximum absolute atomic E-state index is 11.7. The smallest absolute Gasteiger partial charge is 0.141 e. The Bertz CT molecular complexity index is 661. The number of likely N-dealkylation sites (N-methyl/N-ethyl adjacent to an activating group) is 1. The molecule has 0 radical (unpaired) electrons. The van der Waals surface area contributed by atoms with Crippen LogP contribution in [0.3, 0.4) is 0 Å². The van der Waals surface area contributed by atoms with E-state index >= 15 is 0 Å². The molecule has 2 unspecified atom stereocenters. The molecule has 2 nitrogen and oxygen atoms in total. The molecule has 0 fully saturated rings. The SMILES string of the molecule is CCN1C(C=O)c2ccccc2SC1c1ccccc1Cl. The summed E-state index contributed by atoms with van der Waals surface area (Å²) in [4.78, 5) is 15.0. The highest BCUT2D eigenvalue weighted by Crippen LogP contribution is 2.50. The number of hydrogen-bond acceptors (Lipinski definition) is 3. The molecule has 108 valence electrons. The van der Waals surface area contributed by atoms with Gasteiger partial charge in [0.05, 0.1) is 11.4 Å². The molecule has 0 amide bonds. The van der Waals surface area contributed by atoms with Gasteiger partial charge in [0.2, 0.25) is 0 Å². The summed E-state index contributed by atoms with van der Waals surface area (Å²) in [5, 5.41) is 0.811. The predicted octanol–water partition coefficient (Wildman–Crippen LogP) is 4.71. The summed E-state index contributed by atoms with van der Waals surface area (Å²) in [6.45, 7) is 2.87. The average Bonchev–Trinajstić information content (AvgIpc) is 2.53. The monoisotopic (exact) mass is 317 g/mol. The molecule has 0 spiro atoms. The molecule has 1 aliphatic heterocycles. The highest BCUT2D eigenvalue weighted by molar-refractivity contribution is 7.99. The van der Waals surface area contributed by atoms with E-state index in [0.717, 1.165) is 33.9 Å². The Morgan fingerprint density at radius 2 is 1.81 bits per heavy atom. The van der Waals surface area contributed by atoms with Gasteiger partial charge in [-0.2, -0.15) is 0 Å². The maximum atomic E-state index is 11.7. The van der Waals surface area contributed by atoms with Crippen molar-refractivity contribution in [1.82, 2.24) is 4.90 Å². The van der Waals surface area contributed by atoms with Crippen molar-refractivity contribution in [3.63, 3.8) is 0 Å². The Kier molecular flexibility index (Phi) is 4.34. The number of benzene rings is 2. The summed E-state index contributed by atoms with van der Waals surface area (Å²) >= 11 is 8.13. The van der Waals surface area contributed by atoms with Crippen LogP contribution < -0.4 is 0 Å². The van der Waals surface area contributed by atoms with Crippen LogP contribution in [-0.4, -0.2) is 17.7 Å². The lowest BCUT2D eigenvalue weighted by molar-refractivity contribution is -0.113. The topological polar surface area (TPSA) is 20.3 Å². The van der Waals surface area contributed by atoms with Crippen LogP contribution in [-0.2, 0) is 4.79 Å². The minimum atomic E-state index is -0.214. The summed E-state index contributed by atoms with van der Waals surface area (Å²) in [5.41, 5.74) is 2.15. The first-order valence-corrected chi connectivity index (χ1v) is 8.23. The Balaban J connectivity index is 2.10. The second-order valence-corrected chi connectivity index (χ2v) is 6.47. The first-order valence-electron chi connectivity index (χ1n) is 6.97. The van der Waals surface area contributed by atoms with Crippen molar-refractivity contribution in [3.05, 3.63) is 64.7 Å². The van der Waals surface area contributed by atoms with Crippen LogP contribution in [0.15, 0.2) is 53.4 Å².